The van der Waals surface area contributed by atoms with Crippen LogP contribution < -0.4 is 10.1 Å². The van der Waals surface area contributed by atoms with Crippen LogP contribution in [0.15, 0.2) is 59.8 Å². The van der Waals surface area contributed by atoms with E-state index < -0.39 is 18.0 Å². The molecule has 0 unspecified atom stereocenters. The fraction of sp³-hybridized carbons (Fsp3) is 0.346. The Morgan fingerprint density at radius 3 is 2.29 bits per heavy atom. The number of methoxy groups -OCH3 is 1. The third kappa shape index (κ3) is 4.19. The van der Waals surface area contributed by atoms with E-state index in [0.717, 1.165) is 11.1 Å². The lowest BCUT2D eigenvalue weighted by Gasteiger charge is -2.35. The number of aromatic nitrogens is 3. The average Bonchev–Trinajstić information content (AvgIpc) is 3.27. The minimum atomic E-state index is -4.70. The van der Waals surface area contributed by atoms with Gasteiger partial charge in [-0.3, -0.25) is 4.79 Å². The molecule has 0 spiro atoms. The molecule has 2 atom stereocenters. The summed E-state index contributed by atoms with van der Waals surface area (Å²) in [5, 5.41) is 6.77. The van der Waals surface area contributed by atoms with Gasteiger partial charge < -0.3 is 10.1 Å². The van der Waals surface area contributed by atoms with E-state index in [2.05, 4.69) is 29.2 Å². The van der Waals surface area contributed by atoms with Gasteiger partial charge in [-0.05, 0) is 47.1 Å². The highest BCUT2D eigenvalue weighted by atomic mass is 19.4. The van der Waals surface area contributed by atoms with Crippen molar-refractivity contribution in [3.8, 4) is 5.75 Å². The monoisotopic (exact) mass is 482 g/mol. The zero-order valence-corrected chi connectivity index (χ0v) is 19.6. The molecular formula is C26H25F3N4O2. The number of ketones is 1. The van der Waals surface area contributed by atoms with Crippen molar-refractivity contribution < 1.29 is 22.7 Å². The molecule has 0 radical (unpaired) electrons. The van der Waals surface area contributed by atoms with Crippen LogP contribution in [0.5, 0.6) is 5.75 Å². The quantitative estimate of drug-likeness (QED) is 0.506. The Hall–Kier alpha value is -3.62. The molecule has 6 nitrogen and oxygen atoms in total. The summed E-state index contributed by atoms with van der Waals surface area (Å²) in [5.41, 5.74) is 3.79. The number of ether oxygens (including phenoxy) is 1. The van der Waals surface area contributed by atoms with Crippen LogP contribution in [-0.4, -0.2) is 27.7 Å². The molecule has 2 aromatic carbocycles. The molecular weight excluding hydrogens is 457 g/mol. The Kier molecular flexibility index (Phi) is 5.65. The van der Waals surface area contributed by atoms with Crippen LogP contribution in [0.2, 0.25) is 0 Å². The Balaban J connectivity index is 1.58. The number of anilines is 1. The first-order valence-corrected chi connectivity index (χ1v) is 11.5. The van der Waals surface area contributed by atoms with Crippen molar-refractivity contribution in [2.75, 3.05) is 12.4 Å². The number of benzene rings is 2. The lowest BCUT2D eigenvalue weighted by Crippen LogP contribution is -2.33. The van der Waals surface area contributed by atoms with E-state index in [0.29, 0.717) is 34.9 Å². The number of hydrogen-bond acceptors (Lipinski definition) is 5. The topological polar surface area (TPSA) is 69.0 Å². The first kappa shape index (κ1) is 23.1. The van der Waals surface area contributed by atoms with Gasteiger partial charge in [0.25, 0.3) is 5.82 Å². The second-order valence-electron chi connectivity index (χ2n) is 9.24. The number of Topliss-reactive ketones (excluding diaryl/α,β-unsaturated/α-hetero) is 1. The van der Waals surface area contributed by atoms with Crippen molar-refractivity contribution in [3.63, 3.8) is 0 Å². The van der Waals surface area contributed by atoms with Crippen molar-refractivity contribution in [2.24, 2.45) is 0 Å². The highest BCUT2D eigenvalue weighted by Gasteiger charge is 2.43. The highest BCUT2D eigenvalue weighted by Crippen LogP contribution is 2.45. The molecule has 182 valence electrons. The SMILES string of the molecule is COc1ccc([C@@H]2CC(=O)C3=C(C2)Nc2nc(C(F)(F)F)nn2[C@@H]3c2ccc(C(C)C)cc2)cc1. The minimum absolute atomic E-state index is 0.0165. The zero-order valence-electron chi connectivity index (χ0n) is 19.6. The molecule has 0 bridgehead atoms. The molecule has 1 aliphatic carbocycles. The maximum atomic E-state index is 13.5. The number of alkyl halides is 3. The summed E-state index contributed by atoms with van der Waals surface area (Å²) in [6.45, 7) is 4.13. The predicted molar refractivity (Wildman–Crippen MR) is 124 cm³/mol. The summed E-state index contributed by atoms with van der Waals surface area (Å²) in [5.74, 6) is -0.469. The fourth-order valence-corrected chi connectivity index (χ4v) is 4.82. The van der Waals surface area contributed by atoms with Crippen LogP contribution in [0.1, 0.15) is 67.1 Å². The largest absolute Gasteiger partial charge is 0.497 e. The normalized spacial score (nSPS) is 19.9. The number of hydrogen-bond donors (Lipinski definition) is 1. The molecule has 0 amide bonds. The predicted octanol–water partition coefficient (Wildman–Crippen LogP) is 5.84. The maximum Gasteiger partial charge on any atom is 0.453 e. The molecule has 3 aromatic rings. The van der Waals surface area contributed by atoms with E-state index in [1.807, 2.05) is 48.5 Å². The van der Waals surface area contributed by atoms with Crippen LogP contribution in [0.4, 0.5) is 19.1 Å². The number of halogens is 3. The van der Waals surface area contributed by atoms with Crippen molar-refractivity contribution in [3.05, 3.63) is 82.3 Å². The minimum Gasteiger partial charge on any atom is -0.497 e. The lowest BCUT2D eigenvalue weighted by molar-refractivity contribution is -0.145. The Morgan fingerprint density at radius 2 is 1.69 bits per heavy atom. The van der Waals surface area contributed by atoms with E-state index >= 15 is 0 Å². The molecule has 0 fully saturated rings. The molecule has 5 rings (SSSR count). The smallest absolute Gasteiger partial charge is 0.453 e. The highest BCUT2D eigenvalue weighted by molar-refractivity contribution is 6.00. The van der Waals surface area contributed by atoms with Gasteiger partial charge in [-0.25, -0.2) is 4.68 Å². The Labute approximate surface area is 200 Å². The standard InChI is InChI=1S/C26H25F3N4O2/c1-14(2)15-4-6-17(7-5-15)23-22-20(30-25-31-24(26(27,28)29)32-33(23)25)12-18(13-21(22)34)16-8-10-19(35-3)11-9-16/h4-11,14,18,23H,12-13H2,1-3H3,(H,30,31,32)/t18-,23+/m0/s1. The zero-order chi connectivity index (χ0) is 24.9. The Bertz CT molecular complexity index is 1290. The molecule has 1 aliphatic heterocycles. The van der Waals surface area contributed by atoms with Gasteiger partial charge >= 0.3 is 6.18 Å². The molecule has 2 heterocycles. The van der Waals surface area contributed by atoms with E-state index in [-0.39, 0.29) is 24.1 Å². The summed E-state index contributed by atoms with van der Waals surface area (Å²) in [6.07, 6.45) is -3.97. The number of nitrogens with one attached hydrogen (secondary N) is 1. The fourth-order valence-electron chi connectivity index (χ4n) is 4.82. The van der Waals surface area contributed by atoms with Gasteiger partial charge in [-0.2, -0.15) is 18.2 Å². The van der Waals surface area contributed by atoms with Gasteiger partial charge in [0, 0.05) is 17.7 Å². The van der Waals surface area contributed by atoms with Gasteiger partial charge in [0.1, 0.15) is 11.8 Å². The number of nitrogens with zero attached hydrogens (tertiary/aromatic N) is 3. The number of carbonyl (C=O) groups is 1. The van der Waals surface area contributed by atoms with Crippen LogP contribution in [0.25, 0.3) is 0 Å². The van der Waals surface area contributed by atoms with Crippen LogP contribution >= 0.6 is 0 Å². The number of rotatable bonds is 4. The van der Waals surface area contributed by atoms with E-state index in [4.69, 9.17) is 4.74 Å². The van der Waals surface area contributed by atoms with Gasteiger partial charge in [0.2, 0.25) is 5.95 Å². The summed E-state index contributed by atoms with van der Waals surface area (Å²) < 4.78 is 46.9. The molecule has 2 aliphatic rings. The van der Waals surface area contributed by atoms with Gasteiger partial charge in [-0.1, -0.05) is 50.2 Å². The van der Waals surface area contributed by atoms with Crippen molar-refractivity contribution in [1.29, 1.82) is 0 Å². The Morgan fingerprint density at radius 1 is 1.03 bits per heavy atom. The molecule has 35 heavy (non-hydrogen) atoms. The molecule has 0 saturated carbocycles. The lowest BCUT2D eigenvalue weighted by atomic mass is 9.78. The average molecular weight is 483 g/mol. The summed E-state index contributed by atoms with van der Waals surface area (Å²) >= 11 is 0. The van der Waals surface area contributed by atoms with E-state index in [1.54, 1.807) is 7.11 Å². The second-order valence-corrected chi connectivity index (χ2v) is 9.24. The second kappa shape index (κ2) is 8.55. The molecule has 0 saturated heterocycles. The van der Waals surface area contributed by atoms with Crippen LogP contribution in [0, 0.1) is 0 Å². The third-order valence-electron chi connectivity index (χ3n) is 6.68. The van der Waals surface area contributed by atoms with Gasteiger partial charge in [0.15, 0.2) is 5.78 Å². The third-order valence-corrected chi connectivity index (χ3v) is 6.68. The summed E-state index contributed by atoms with van der Waals surface area (Å²) in [7, 11) is 1.58. The summed E-state index contributed by atoms with van der Waals surface area (Å²) in [4.78, 5) is 17.2. The van der Waals surface area contributed by atoms with Crippen molar-refractivity contribution in [1.82, 2.24) is 14.8 Å². The molecule has 1 aromatic heterocycles. The van der Waals surface area contributed by atoms with Crippen LogP contribution in [-0.2, 0) is 11.0 Å². The number of allylic oxidation sites excluding steroid dienone is 2. The first-order valence-electron chi connectivity index (χ1n) is 11.5. The van der Waals surface area contributed by atoms with Crippen LogP contribution in [0.3, 0.4) is 0 Å². The molecule has 9 heteroatoms. The van der Waals surface area contributed by atoms with E-state index in [1.165, 1.54) is 4.68 Å². The van der Waals surface area contributed by atoms with Gasteiger partial charge in [0.05, 0.1) is 7.11 Å². The van der Waals surface area contributed by atoms with E-state index in [9.17, 15) is 18.0 Å². The molecule has 1 N–H and O–H groups in total. The van der Waals surface area contributed by atoms with Crippen molar-refractivity contribution >= 4 is 11.7 Å². The maximum absolute atomic E-state index is 13.5. The van der Waals surface area contributed by atoms with Gasteiger partial charge in [-0.15, -0.1) is 5.10 Å². The number of carbonyl (C=O) groups excluding carboxylic acids is 1. The first-order chi connectivity index (χ1) is 16.7. The number of fused-ring (bicyclic) bond motifs is 1. The summed E-state index contributed by atoms with van der Waals surface area (Å²) in [6, 6.07) is 14.3. The van der Waals surface area contributed by atoms with Crippen molar-refractivity contribution in [2.45, 2.75) is 50.7 Å².